The summed E-state index contributed by atoms with van der Waals surface area (Å²) in [6, 6.07) is 6.58. The van der Waals surface area contributed by atoms with E-state index in [1.807, 2.05) is 0 Å². The minimum absolute atomic E-state index is 0.152. The molecule has 30 heavy (non-hydrogen) atoms. The minimum atomic E-state index is -4.58. The first-order chi connectivity index (χ1) is 14.2. The molecule has 7 nitrogen and oxygen atoms in total. The molecule has 12 heteroatoms. The van der Waals surface area contributed by atoms with Crippen LogP contribution in [0.3, 0.4) is 0 Å². The van der Waals surface area contributed by atoms with Crippen LogP contribution in [0.15, 0.2) is 48.9 Å². The fourth-order valence-electron chi connectivity index (χ4n) is 2.92. The summed E-state index contributed by atoms with van der Waals surface area (Å²) < 4.78 is 42.0. The number of halogens is 4. The SMILES string of the molecule is O=C(Nc1cc(C(F)(F)F)ccn1)c1c(O)n(Cc2cnc(Cl)s2)c2cccc[n+]12. The number of hydrogen-bond donors (Lipinski definition) is 2. The number of carbonyl (C=O) groups is 1. The van der Waals surface area contributed by atoms with E-state index in [-0.39, 0.29) is 23.9 Å². The lowest BCUT2D eigenvalue weighted by Gasteiger charge is -2.08. The van der Waals surface area contributed by atoms with E-state index in [1.165, 1.54) is 20.3 Å². The van der Waals surface area contributed by atoms with E-state index < -0.39 is 17.6 Å². The van der Waals surface area contributed by atoms with Crippen molar-refractivity contribution in [3.8, 4) is 5.88 Å². The lowest BCUT2D eigenvalue weighted by Crippen LogP contribution is -2.30. The number of nitrogens with one attached hydrogen (secondary N) is 1. The van der Waals surface area contributed by atoms with E-state index in [0.717, 1.165) is 23.2 Å². The van der Waals surface area contributed by atoms with Crippen LogP contribution in [0.5, 0.6) is 5.88 Å². The maximum atomic E-state index is 12.9. The zero-order valence-corrected chi connectivity index (χ0v) is 16.5. The number of nitrogens with zero attached hydrogens (tertiary/aromatic N) is 4. The Hall–Kier alpha value is -3.18. The van der Waals surface area contributed by atoms with Gasteiger partial charge >= 0.3 is 18.0 Å². The third-order valence-corrected chi connectivity index (χ3v) is 5.31. The molecular formula is C18H12ClF3N5O2S+. The number of hydrogen-bond acceptors (Lipinski definition) is 5. The van der Waals surface area contributed by atoms with Crippen LogP contribution in [0.25, 0.3) is 5.65 Å². The Kier molecular flexibility index (Phi) is 5.08. The monoisotopic (exact) mass is 454 g/mol. The summed E-state index contributed by atoms with van der Waals surface area (Å²) in [6.07, 6.45) is -0.522. The predicted molar refractivity (Wildman–Crippen MR) is 103 cm³/mol. The second-order valence-corrected chi connectivity index (χ2v) is 7.85. The van der Waals surface area contributed by atoms with E-state index in [0.29, 0.717) is 10.1 Å². The fraction of sp³-hybridized carbons (Fsp3) is 0.111. The van der Waals surface area contributed by atoms with Gasteiger partial charge in [-0.15, -0.1) is 11.3 Å². The Bertz CT molecular complexity index is 1250. The third kappa shape index (κ3) is 3.81. The van der Waals surface area contributed by atoms with Crippen molar-refractivity contribution in [2.75, 3.05) is 5.32 Å². The van der Waals surface area contributed by atoms with Gasteiger partial charge in [-0.3, -0.25) is 4.79 Å². The van der Waals surface area contributed by atoms with Gasteiger partial charge in [0.2, 0.25) is 0 Å². The molecule has 2 N–H and O–H groups in total. The highest BCUT2D eigenvalue weighted by Gasteiger charge is 2.33. The summed E-state index contributed by atoms with van der Waals surface area (Å²) in [5.74, 6) is -1.47. The van der Waals surface area contributed by atoms with Gasteiger partial charge in [0.1, 0.15) is 12.4 Å². The molecule has 0 radical (unpaired) electrons. The maximum Gasteiger partial charge on any atom is 0.416 e. The second-order valence-electron chi connectivity index (χ2n) is 6.15. The Balaban J connectivity index is 1.72. The number of carbonyl (C=O) groups excluding carboxylic acids is 1. The normalized spacial score (nSPS) is 11.7. The first-order valence-corrected chi connectivity index (χ1v) is 9.60. The van der Waals surface area contributed by atoms with Gasteiger partial charge in [-0.05, 0) is 18.2 Å². The Morgan fingerprint density at radius 3 is 2.80 bits per heavy atom. The zero-order chi connectivity index (χ0) is 21.5. The molecule has 0 saturated heterocycles. The van der Waals surface area contributed by atoms with E-state index in [9.17, 15) is 23.1 Å². The largest absolute Gasteiger partial charge is 0.474 e. The quantitative estimate of drug-likeness (QED) is 0.460. The highest BCUT2D eigenvalue weighted by molar-refractivity contribution is 7.15. The molecule has 0 saturated carbocycles. The number of imidazole rings is 1. The molecule has 0 aromatic carbocycles. The van der Waals surface area contributed by atoms with E-state index in [1.54, 1.807) is 30.6 Å². The molecule has 0 bridgehead atoms. The summed E-state index contributed by atoms with van der Waals surface area (Å²) in [6.45, 7) is 0.193. The van der Waals surface area contributed by atoms with Gasteiger partial charge in [0.15, 0.2) is 4.47 Å². The average molecular weight is 455 g/mol. The summed E-state index contributed by atoms with van der Waals surface area (Å²) in [4.78, 5) is 21.3. The standard InChI is InChI=1S/C18H11ClF3N5O2S/c19-17-24-8-11(30-17)9-27-13-3-1-2-6-26(13)14(16(27)29)15(28)25-12-7-10(4-5-23-12)18(20,21)22/h1-8H,9H2,(H-,23,25,28,29)/p+1. The molecular weight excluding hydrogens is 443 g/mol. The molecule has 4 heterocycles. The summed E-state index contributed by atoms with van der Waals surface area (Å²) in [7, 11) is 0. The predicted octanol–water partition coefficient (Wildman–Crippen LogP) is 3.76. The number of alkyl halides is 3. The topological polar surface area (TPSA) is 84.1 Å². The Morgan fingerprint density at radius 2 is 2.10 bits per heavy atom. The highest BCUT2D eigenvalue weighted by atomic mass is 35.5. The van der Waals surface area contributed by atoms with Crippen molar-refractivity contribution >= 4 is 40.3 Å². The van der Waals surface area contributed by atoms with Crippen LogP contribution < -0.4 is 9.72 Å². The van der Waals surface area contributed by atoms with Gasteiger partial charge < -0.3 is 10.4 Å². The van der Waals surface area contributed by atoms with Crippen molar-refractivity contribution in [2.45, 2.75) is 12.7 Å². The number of anilines is 1. The number of aromatic hydroxyl groups is 1. The van der Waals surface area contributed by atoms with Crippen LogP contribution in [0.4, 0.5) is 19.0 Å². The Labute approximate surface area is 176 Å². The molecule has 0 fully saturated rings. The van der Waals surface area contributed by atoms with Gasteiger partial charge in [-0.1, -0.05) is 17.7 Å². The molecule has 1 amide bonds. The molecule has 0 aliphatic heterocycles. The smallest absolute Gasteiger partial charge is 0.416 e. The first-order valence-electron chi connectivity index (χ1n) is 8.40. The van der Waals surface area contributed by atoms with Gasteiger partial charge in [-0.2, -0.15) is 22.1 Å². The molecule has 0 atom stereocenters. The number of fused-ring (bicyclic) bond motifs is 1. The van der Waals surface area contributed by atoms with E-state index in [4.69, 9.17) is 11.6 Å². The molecule has 4 rings (SSSR count). The van der Waals surface area contributed by atoms with Crippen molar-refractivity contribution in [3.05, 3.63) is 69.5 Å². The Morgan fingerprint density at radius 1 is 1.30 bits per heavy atom. The van der Waals surface area contributed by atoms with Crippen molar-refractivity contribution in [1.82, 2.24) is 14.5 Å². The molecule has 0 unspecified atom stereocenters. The number of aromatic nitrogens is 4. The molecule has 154 valence electrons. The van der Waals surface area contributed by atoms with Gasteiger partial charge in [0.05, 0.1) is 16.6 Å². The van der Waals surface area contributed by atoms with Crippen LogP contribution >= 0.6 is 22.9 Å². The molecule has 4 aromatic heterocycles. The number of pyridine rings is 2. The maximum absolute atomic E-state index is 12.9. The third-order valence-electron chi connectivity index (χ3n) is 4.21. The number of rotatable bonds is 4. The van der Waals surface area contributed by atoms with Crippen molar-refractivity contribution in [3.63, 3.8) is 0 Å². The summed E-state index contributed by atoms with van der Waals surface area (Å²) in [5, 5.41) is 13.1. The van der Waals surface area contributed by atoms with Crippen LogP contribution in [0.2, 0.25) is 4.47 Å². The van der Waals surface area contributed by atoms with E-state index >= 15 is 0 Å². The van der Waals surface area contributed by atoms with Crippen molar-refractivity contribution in [2.24, 2.45) is 0 Å². The highest BCUT2D eigenvalue weighted by Crippen LogP contribution is 2.30. The molecule has 0 aliphatic carbocycles. The molecule has 0 aliphatic rings. The lowest BCUT2D eigenvalue weighted by molar-refractivity contribution is -0.513. The van der Waals surface area contributed by atoms with Gasteiger partial charge in [0, 0.05) is 18.5 Å². The minimum Gasteiger partial charge on any atom is -0.474 e. The number of thiazole rings is 1. The van der Waals surface area contributed by atoms with Crippen molar-refractivity contribution < 1.29 is 27.5 Å². The summed E-state index contributed by atoms with van der Waals surface area (Å²) in [5.41, 5.74) is -0.615. The van der Waals surface area contributed by atoms with Crippen LogP contribution in [0.1, 0.15) is 20.9 Å². The summed E-state index contributed by atoms with van der Waals surface area (Å²) >= 11 is 7.07. The second kappa shape index (κ2) is 7.58. The first kappa shape index (κ1) is 20.1. The van der Waals surface area contributed by atoms with Crippen LogP contribution in [-0.2, 0) is 12.7 Å². The van der Waals surface area contributed by atoms with Crippen molar-refractivity contribution in [1.29, 1.82) is 0 Å². The zero-order valence-electron chi connectivity index (χ0n) is 14.9. The van der Waals surface area contributed by atoms with Crippen LogP contribution in [0, 0.1) is 0 Å². The lowest BCUT2D eigenvalue weighted by atomic mass is 10.2. The average Bonchev–Trinajstić information content (AvgIpc) is 3.22. The molecule has 0 spiro atoms. The fourth-order valence-corrected chi connectivity index (χ4v) is 3.88. The van der Waals surface area contributed by atoms with Gasteiger partial charge in [0.25, 0.3) is 11.3 Å². The molecule has 4 aromatic rings. The van der Waals surface area contributed by atoms with Crippen LogP contribution in [-0.4, -0.2) is 25.5 Å². The van der Waals surface area contributed by atoms with Gasteiger partial charge in [-0.25, -0.2) is 9.97 Å². The number of amides is 1. The van der Waals surface area contributed by atoms with E-state index in [2.05, 4.69) is 15.3 Å².